The Morgan fingerprint density at radius 3 is 2.67 bits per heavy atom. The van der Waals surface area contributed by atoms with Gasteiger partial charge in [0.25, 0.3) is 0 Å². The van der Waals surface area contributed by atoms with Crippen molar-refractivity contribution in [1.29, 1.82) is 0 Å². The van der Waals surface area contributed by atoms with Crippen LogP contribution in [0.25, 0.3) is 0 Å². The van der Waals surface area contributed by atoms with Gasteiger partial charge in [-0.25, -0.2) is 4.57 Å². The molecule has 0 heterocycles. The molecule has 1 unspecified atom stereocenters. The van der Waals surface area contributed by atoms with E-state index in [9.17, 15) is 19.6 Å². The summed E-state index contributed by atoms with van der Waals surface area (Å²) >= 11 is 0. The second-order valence-corrected chi connectivity index (χ2v) is 6.78. The quantitative estimate of drug-likeness (QED) is 0.604. The van der Waals surface area contributed by atoms with Crippen LogP contribution in [0.5, 0.6) is 5.75 Å². The second-order valence-electron chi connectivity index (χ2n) is 5.55. The lowest BCUT2D eigenvalue weighted by atomic mass is 9.89. The lowest BCUT2D eigenvalue weighted by Gasteiger charge is -2.17. The van der Waals surface area contributed by atoms with E-state index >= 15 is 0 Å². The number of phenolic OH excluding ortho intramolecular Hbond substituents is 1. The average Bonchev–Trinajstić information content (AvgIpc) is 2.45. The fraction of sp³-hybridized carbons (Fsp3) is 0.250. The van der Waals surface area contributed by atoms with Gasteiger partial charge < -0.3 is 20.0 Å². The number of aliphatic hydroxyl groups is 1. The Bertz CT molecular complexity index is 790. The molecule has 7 nitrogen and oxygen atoms in total. The molecule has 0 radical (unpaired) electrons. The summed E-state index contributed by atoms with van der Waals surface area (Å²) < 4.78 is 14.4. The van der Waals surface area contributed by atoms with Crippen molar-refractivity contribution < 1.29 is 29.4 Å². The summed E-state index contributed by atoms with van der Waals surface area (Å²) in [6, 6.07) is 6.48. The van der Waals surface area contributed by atoms with Gasteiger partial charge in [-0.05, 0) is 29.7 Å². The zero-order valence-corrected chi connectivity index (χ0v) is 13.8. The number of hydrogen-bond acceptors (Lipinski definition) is 4. The molecule has 1 aliphatic carbocycles. The Labute approximate surface area is 138 Å². The molecule has 0 saturated carbocycles. The third-order valence-corrected chi connectivity index (χ3v) is 4.09. The van der Waals surface area contributed by atoms with Crippen molar-refractivity contribution in [1.82, 2.24) is 0 Å². The summed E-state index contributed by atoms with van der Waals surface area (Å²) in [4.78, 5) is 30.5. The van der Waals surface area contributed by atoms with Crippen LogP contribution in [0.4, 0.5) is 0 Å². The molecule has 1 atom stereocenters. The van der Waals surface area contributed by atoms with Crippen LogP contribution >= 0.6 is 7.75 Å². The third kappa shape index (κ3) is 4.64. The first-order valence-electron chi connectivity index (χ1n) is 7.24. The lowest BCUT2D eigenvalue weighted by molar-refractivity contribution is -0.115. The van der Waals surface area contributed by atoms with E-state index in [4.69, 9.17) is 9.79 Å². The number of phenols is 1. The highest BCUT2D eigenvalue weighted by Gasteiger charge is 2.26. The molecule has 0 fully saturated rings. The SMILES string of the molecule is CC(CC(=O)C1=C(O)C=CCC1=NP(=O)(O)O)c1cccc(O)c1. The topological polar surface area (TPSA) is 127 Å². The van der Waals surface area contributed by atoms with E-state index in [1.165, 1.54) is 24.3 Å². The van der Waals surface area contributed by atoms with Gasteiger partial charge in [0.15, 0.2) is 5.78 Å². The molecule has 8 heteroatoms. The number of rotatable bonds is 5. The number of hydrogen-bond donors (Lipinski definition) is 4. The van der Waals surface area contributed by atoms with Crippen molar-refractivity contribution in [3.63, 3.8) is 0 Å². The molecule has 0 aromatic heterocycles. The largest absolute Gasteiger partial charge is 0.508 e. The van der Waals surface area contributed by atoms with Gasteiger partial charge in [0.2, 0.25) is 0 Å². The lowest BCUT2D eigenvalue weighted by Crippen LogP contribution is -2.19. The summed E-state index contributed by atoms with van der Waals surface area (Å²) in [6.07, 6.45) is 2.83. The summed E-state index contributed by atoms with van der Waals surface area (Å²) in [6.45, 7) is 1.78. The highest BCUT2D eigenvalue weighted by Crippen LogP contribution is 2.38. The van der Waals surface area contributed by atoms with E-state index in [2.05, 4.69) is 4.76 Å². The molecule has 1 aromatic carbocycles. The number of carbonyl (C=O) groups excluding carboxylic acids is 1. The van der Waals surface area contributed by atoms with Gasteiger partial charge >= 0.3 is 7.75 Å². The fourth-order valence-corrected chi connectivity index (χ4v) is 2.99. The van der Waals surface area contributed by atoms with Gasteiger partial charge in [0, 0.05) is 12.8 Å². The molecular weight excluding hydrogens is 333 g/mol. The zero-order valence-electron chi connectivity index (χ0n) is 13.0. The van der Waals surface area contributed by atoms with Crippen molar-refractivity contribution >= 4 is 19.2 Å². The zero-order chi connectivity index (χ0) is 17.9. The summed E-state index contributed by atoms with van der Waals surface area (Å²) in [5, 5.41) is 19.4. The third-order valence-electron chi connectivity index (χ3n) is 3.59. The van der Waals surface area contributed by atoms with Crippen molar-refractivity contribution in [2.45, 2.75) is 25.7 Å². The van der Waals surface area contributed by atoms with Crippen LogP contribution in [-0.2, 0) is 9.36 Å². The van der Waals surface area contributed by atoms with Crippen molar-refractivity contribution in [3.05, 3.63) is 53.3 Å². The molecule has 0 spiro atoms. The highest BCUT2D eigenvalue weighted by atomic mass is 31.2. The van der Waals surface area contributed by atoms with E-state index in [1.807, 2.05) is 0 Å². The maximum Gasteiger partial charge on any atom is 0.448 e. The maximum atomic E-state index is 12.5. The highest BCUT2D eigenvalue weighted by molar-refractivity contribution is 7.50. The summed E-state index contributed by atoms with van der Waals surface area (Å²) in [5.41, 5.74) is 0.438. The smallest absolute Gasteiger partial charge is 0.448 e. The summed E-state index contributed by atoms with van der Waals surface area (Å²) in [7, 11) is -4.71. The van der Waals surface area contributed by atoms with E-state index in [-0.39, 0.29) is 41.6 Å². The Hall–Kier alpha value is -2.21. The molecule has 1 aromatic rings. The number of ketones is 1. The number of benzene rings is 1. The molecule has 24 heavy (non-hydrogen) atoms. The number of aliphatic hydroxyl groups excluding tert-OH is 1. The first kappa shape index (κ1) is 18.1. The van der Waals surface area contributed by atoms with Crippen LogP contribution < -0.4 is 0 Å². The van der Waals surface area contributed by atoms with E-state index in [1.54, 1.807) is 19.1 Å². The van der Waals surface area contributed by atoms with Crippen LogP contribution in [0.3, 0.4) is 0 Å². The molecule has 4 N–H and O–H groups in total. The molecule has 0 aliphatic heterocycles. The number of Topliss-reactive ketones (excluding diaryl/α,β-unsaturated/α-hetero) is 1. The Kier molecular flexibility index (Phi) is 5.39. The minimum atomic E-state index is -4.71. The van der Waals surface area contributed by atoms with Gasteiger partial charge in [-0.1, -0.05) is 25.1 Å². The van der Waals surface area contributed by atoms with E-state index in [0.29, 0.717) is 0 Å². The molecule has 0 amide bonds. The van der Waals surface area contributed by atoms with Gasteiger partial charge in [-0.3, -0.25) is 4.79 Å². The van der Waals surface area contributed by atoms with E-state index in [0.717, 1.165) is 5.56 Å². The first-order valence-corrected chi connectivity index (χ1v) is 8.81. The summed E-state index contributed by atoms with van der Waals surface area (Å²) in [5.74, 6) is -1.01. The van der Waals surface area contributed by atoms with Crippen LogP contribution in [0.15, 0.2) is 52.5 Å². The minimum Gasteiger partial charge on any atom is -0.508 e. The Morgan fingerprint density at radius 1 is 1.33 bits per heavy atom. The van der Waals surface area contributed by atoms with Crippen LogP contribution in [0, 0.1) is 0 Å². The molecular formula is C16H18NO6P. The van der Waals surface area contributed by atoms with Crippen LogP contribution in [0.2, 0.25) is 0 Å². The van der Waals surface area contributed by atoms with Gasteiger partial charge in [-0.15, -0.1) is 0 Å². The molecule has 128 valence electrons. The first-order chi connectivity index (χ1) is 11.2. The number of carbonyl (C=O) groups is 1. The molecule has 1 aliphatic rings. The molecule has 0 bridgehead atoms. The standard InChI is InChI=1S/C16H18NO6P/c1-10(11-4-2-5-12(18)9-11)8-15(20)16-13(17-24(21,22)23)6-3-7-14(16)19/h2-5,7,9-10,18-19H,6,8H2,1H3,(H2,21,22,23). The number of nitrogens with zero attached hydrogens (tertiary/aromatic N) is 1. The average molecular weight is 351 g/mol. The molecule has 2 rings (SSSR count). The number of aromatic hydroxyl groups is 1. The Balaban J connectivity index is 2.27. The normalized spacial score (nSPS) is 18.0. The predicted octanol–water partition coefficient (Wildman–Crippen LogP) is 2.76. The second kappa shape index (κ2) is 7.13. The fourth-order valence-electron chi connectivity index (χ4n) is 2.50. The Morgan fingerprint density at radius 2 is 2.04 bits per heavy atom. The predicted molar refractivity (Wildman–Crippen MR) is 89.0 cm³/mol. The van der Waals surface area contributed by atoms with E-state index < -0.39 is 13.5 Å². The van der Waals surface area contributed by atoms with Gasteiger partial charge in [0.05, 0.1) is 11.3 Å². The van der Waals surface area contributed by atoms with Crippen LogP contribution in [0.1, 0.15) is 31.2 Å². The van der Waals surface area contributed by atoms with Gasteiger partial charge in [0.1, 0.15) is 11.5 Å². The monoisotopic (exact) mass is 351 g/mol. The van der Waals surface area contributed by atoms with Gasteiger partial charge in [-0.2, -0.15) is 4.76 Å². The van der Waals surface area contributed by atoms with Crippen molar-refractivity contribution in [2.24, 2.45) is 4.76 Å². The van der Waals surface area contributed by atoms with Crippen molar-refractivity contribution in [2.75, 3.05) is 0 Å². The maximum absolute atomic E-state index is 12.5. The molecule has 0 saturated heterocycles. The minimum absolute atomic E-state index is 0.00311. The van der Waals surface area contributed by atoms with Crippen molar-refractivity contribution in [3.8, 4) is 5.75 Å². The van der Waals surface area contributed by atoms with Crippen LogP contribution in [-0.4, -0.2) is 31.5 Å². The number of allylic oxidation sites excluding steroid dienone is 3.